The van der Waals surface area contributed by atoms with Crippen molar-refractivity contribution < 1.29 is 14.7 Å². The van der Waals surface area contributed by atoms with Gasteiger partial charge in [-0.25, -0.2) is 4.79 Å². The van der Waals surface area contributed by atoms with E-state index < -0.39 is 12.0 Å². The summed E-state index contributed by atoms with van der Waals surface area (Å²) in [4.78, 5) is 28.0. The van der Waals surface area contributed by atoms with Crippen LogP contribution in [-0.2, 0) is 17.8 Å². The third kappa shape index (κ3) is 7.71. The molecule has 0 aromatic heterocycles. The van der Waals surface area contributed by atoms with Gasteiger partial charge < -0.3 is 10.4 Å². The monoisotopic (exact) mass is 576 g/mol. The van der Waals surface area contributed by atoms with Crippen molar-refractivity contribution >= 4 is 35.4 Å². The minimum atomic E-state index is -1.00. The Morgan fingerprint density at radius 1 is 0.925 bits per heavy atom. The minimum Gasteiger partial charge on any atom is -0.480 e. The average Bonchev–Trinajstić information content (AvgIpc) is 3.32. The smallest absolute Gasteiger partial charge is 0.326 e. The Kier molecular flexibility index (Phi) is 11.2. The fourth-order valence-corrected chi connectivity index (χ4v) is 6.89. The highest BCUT2D eigenvalue weighted by Crippen LogP contribution is 2.33. The number of nitrogens with one attached hydrogen (secondary N) is 1. The van der Waals surface area contributed by atoms with E-state index in [0.29, 0.717) is 29.8 Å². The van der Waals surface area contributed by atoms with Crippen LogP contribution in [0.2, 0.25) is 0 Å². The fourth-order valence-electron chi connectivity index (χ4n) is 5.68. The van der Waals surface area contributed by atoms with Crippen molar-refractivity contribution in [3.63, 3.8) is 0 Å². The Morgan fingerprint density at radius 2 is 1.65 bits per heavy atom. The van der Waals surface area contributed by atoms with Gasteiger partial charge in [-0.2, -0.15) is 23.5 Å². The molecule has 1 aliphatic heterocycles. The maximum absolute atomic E-state index is 13.5. The fraction of sp³-hybridized carbons (Fsp3) is 0.394. The number of hydrogen-bond donors (Lipinski definition) is 2. The van der Waals surface area contributed by atoms with Crippen molar-refractivity contribution in [1.29, 1.82) is 0 Å². The number of likely N-dealkylation sites (tertiary alicyclic amines) is 1. The Hall–Kier alpha value is -2.74. The van der Waals surface area contributed by atoms with Gasteiger partial charge in [0, 0.05) is 29.9 Å². The third-order valence-corrected chi connectivity index (χ3v) is 9.15. The van der Waals surface area contributed by atoms with Crippen molar-refractivity contribution in [1.82, 2.24) is 10.2 Å². The molecule has 3 atom stereocenters. The molecule has 1 heterocycles. The first-order valence-corrected chi connectivity index (χ1v) is 16.7. The molecular formula is C33H40N2O3S2. The van der Waals surface area contributed by atoms with Crippen LogP contribution in [0.3, 0.4) is 0 Å². The number of benzene rings is 3. The number of nitrogens with zero attached hydrogens (tertiary/aromatic N) is 1. The van der Waals surface area contributed by atoms with Gasteiger partial charge >= 0.3 is 5.97 Å². The van der Waals surface area contributed by atoms with E-state index in [2.05, 4.69) is 52.9 Å². The summed E-state index contributed by atoms with van der Waals surface area (Å²) >= 11 is 3.47. The Morgan fingerprint density at radius 3 is 2.35 bits per heavy atom. The SMILES string of the molecule is CSCCC(NC(=O)c1ccc(CN2C(CSC)CC[C@H]2Cc2ccccc2)cc1-c1ccccc1C)C(=O)O. The Bertz CT molecular complexity index is 1280. The molecule has 1 fully saturated rings. The molecule has 0 spiro atoms. The van der Waals surface area contributed by atoms with E-state index in [9.17, 15) is 14.7 Å². The number of carbonyl (C=O) groups excluding carboxylic acids is 1. The van der Waals surface area contributed by atoms with Gasteiger partial charge in [-0.3, -0.25) is 9.69 Å². The van der Waals surface area contributed by atoms with Gasteiger partial charge in [0.15, 0.2) is 0 Å². The number of hydrogen-bond acceptors (Lipinski definition) is 5. The zero-order valence-corrected chi connectivity index (χ0v) is 25.3. The number of thioether (sulfide) groups is 2. The van der Waals surface area contributed by atoms with E-state index in [-0.39, 0.29) is 5.91 Å². The maximum Gasteiger partial charge on any atom is 0.326 e. The average molecular weight is 577 g/mol. The first-order chi connectivity index (χ1) is 19.4. The summed E-state index contributed by atoms with van der Waals surface area (Å²) in [5, 5.41) is 12.5. The zero-order chi connectivity index (χ0) is 28.5. The maximum atomic E-state index is 13.5. The number of carboxylic acids is 1. The number of amides is 1. The molecule has 1 saturated heterocycles. The minimum absolute atomic E-state index is 0.346. The van der Waals surface area contributed by atoms with Crippen LogP contribution >= 0.6 is 23.5 Å². The van der Waals surface area contributed by atoms with E-state index in [0.717, 1.165) is 41.0 Å². The van der Waals surface area contributed by atoms with Gasteiger partial charge in [-0.1, -0.05) is 60.7 Å². The molecule has 0 bridgehead atoms. The van der Waals surface area contributed by atoms with Crippen LogP contribution in [0.15, 0.2) is 72.8 Å². The molecule has 1 aliphatic rings. The highest BCUT2D eigenvalue weighted by Gasteiger charge is 2.33. The number of aryl methyl sites for hydroxylation is 1. The first kappa shape index (κ1) is 30.2. The highest BCUT2D eigenvalue weighted by atomic mass is 32.2. The second-order valence-electron chi connectivity index (χ2n) is 10.5. The van der Waals surface area contributed by atoms with Gasteiger partial charge in [0.1, 0.15) is 6.04 Å². The van der Waals surface area contributed by atoms with E-state index >= 15 is 0 Å². The van der Waals surface area contributed by atoms with E-state index in [1.165, 1.54) is 18.4 Å². The predicted molar refractivity (Wildman–Crippen MR) is 169 cm³/mol. The highest BCUT2D eigenvalue weighted by molar-refractivity contribution is 7.98. The van der Waals surface area contributed by atoms with Gasteiger partial charge in [-0.15, -0.1) is 0 Å². The number of aliphatic carboxylic acids is 1. The van der Waals surface area contributed by atoms with Crippen LogP contribution in [-0.4, -0.2) is 64.0 Å². The largest absolute Gasteiger partial charge is 0.480 e. The molecule has 0 aliphatic carbocycles. The van der Waals surface area contributed by atoms with Crippen molar-refractivity contribution in [3.8, 4) is 11.1 Å². The molecule has 1 amide bonds. The van der Waals surface area contributed by atoms with Crippen molar-refractivity contribution in [2.24, 2.45) is 0 Å². The summed E-state index contributed by atoms with van der Waals surface area (Å²) in [7, 11) is 0. The molecule has 7 heteroatoms. The van der Waals surface area contributed by atoms with Crippen LogP contribution < -0.4 is 5.32 Å². The van der Waals surface area contributed by atoms with Gasteiger partial charge in [-0.05, 0) is 90.8 Å². The molecule has 0 radical (unpaired) electrons. The van der Waals surface area contributed by atoms with Crippen LogP contribution in [0.4, 0.5) is 0 Å². The number of carboxylic acid groups (broad SMARTS) is 1. The second kappa shape index (κ2) is 14.8. The van der Waals surface area contributed by atoms with Crippen molar-refractivity contribution in [2.75, 3.05) is 24.0 Å². The zero-order valence-electron chi connectivity index (χ0n) is 23.6. The Balaban J connectivity index is 1.65. The predicted octanol–water partition coefficient (Wildman–Crippen LogP) is 6.54. The molecule has 40 heavy (non-hydrogen) atoms. The molecule has 5 nitrogen and oxygen atoms in total. The normalized spacial score (nSPS) is 18.0. The summed E-state index contributed by atoms with van der Waals surface area (Å²) in [5.74, 6) is 0.414. The molecule has 4 rings (SSSR count). The lowest BCUT2D eigenvalue weighted by Gasteiger charge is -2.30. The molecule has 2 unspecified atom stereocenters. The quantitative estimate of drug-likeness (QED) is 0.241. The van der Waals surface area contributed by atoms with E-state index in [4.69, 9.17) is 0 Å². The van der Waals surface area contributed by atoms with Crippen molar-refractivity contribution in [3.05, 3.63) is 95.1 Å². The van der Waals surface area contributed by atoms with E-state index in [1.807, 2.05) is 61.3 Å². The van der Waals surface area contributed by atoms with Gasteiger partial charge in [0.25, 0.3) is 5.91 Å². The summed E-state index contributed by atoms with van der Waals surface area (Å²) in [6.45, 7) is 2.86. The van der Waals surface area contributed by atoms with Crippen molar-refractivity contribution in [2.45, 2.75) is 57.3 Å². The number of carbonyl (C=O) groups is 2. The lowest BCUT2D eigenvalue weighted by molar-refractivity contribution is -0.139. The lowest BCUT2D eigenvalue weighted by Crippen LogP contribution is -2.41. The number of rotatable bonds is 13. The van der Waals surface area contributed by atoms with Gasteiger partial charge in [0.05, 0.1) is 0 Å². The van der Waals surface area contributed by atoms with Crippen LogP contribution in [0, 0.1) is 6.92 Å². The molecule has 2 N–H and O–H groups in total. The molecular weight excluding hydrogens is 537 g/mol. The molecule has 3 aromatic rings. The van der Waals surface area contributed by atoms with Gasteiger partial charge in [0.2, 0.25) is 0 Å². The summed E-state index contributed by atoms with van der Waals surface area (Å²) < 4.78 is 0. The topological polar surface area (TPSA) is 69.6 Å². The van der Waals surface area contributed by atoms with Crippen LogP contribution in [0.5, 0.6) is 0 Å². The first-order valence-electron chi connectivity index (χ1n) is 13.9. The lowest BCUT2D eigenvalue weighted by atomic mass is 9.93. The van der Waals surface area contributed by atoms with E-state index in [1.54, 1.807) is 11.8 Å². The standard InChI is InChI=1S/C33H40N2O3S2/c1-23-9-7-8-12-28(23)30-20-25(13-16-29(30)32(36)34-31(33(37)38)17-18-39-2)21-35-26(14-15-27(35)22-40-3)19-24-10-5-4-6-11-24/h4-13,16,20,26-27,31H,14-15,17-19,21-22H2,1-3H3,(H,34,36)(H,37,38)/t26-,27?,31?/m0/s1. The molecule has 0 saturated carbocycles. The van der Waals surface area contributed by atoms with Crippen LogP contribution in [0.1, 0.15) is 46.3 Å². The third-order valence-electron chi connectivity index (χ3n) is 7.79. The summed E-state index contributed by atoms with van der Waals surface area (Å²) in [6.07, 6.45) is 7.90. The van der Waals surface area contributed by atoms with Crippen LogP contribution in [0.25, 0.3) is 11.1 Å². The molecule has 212 valence electrons. The molecule has 3 aromatic carbocycles. The Labute approximate surface area is 247 Å². The summed E-state index contributed by atoms with van der Waals surface area (Å²) in [6, 6.07) is 24.9. The second-order valence-corrected chi connectivity index (χ2v) is 12.4. The summed E-state index contributed by atoms with van der Waals surface area (Å²) in [5.41, 5.74) is 5.96.